The molecule has 0 spiro atoms. The quantitative estimate of drug-likeness (QED) is 0.727. The number of benzene rings is 1. The molecule has 2 rings (SSSR count). The maximum atomic E-state index is 10.5. The average molecular weight is 209 g/mol. The van der Waals surface area contributed by atoms with Crippen LogP contribution in [-0.4, -0.2) is 11.3 Å². The molecule has 0 bridgehead atoms. The van der Waals surface area contributed by atoms with Gasteiger partial charge in [0.2, 0.25) is 0 Å². The minimum Gasteiger partial charge on any atom is -0.298 e. The molecule has 0 aliphatic carbocycles. The van der Waals surface area contributed by atoms with Crippen LogP contribution in [0, 0.1) is 0 Å². The maximum Gasteiger partial charge on any atom is 0.150 e. The van der Waals surface area contributed by atoms with Crippen LogP contribution >= 0.6 is 0 Å². The summed E-state index contributed by atoms with van der Waals surface area (Å²) in [5, 5.41) is 0. The van der Waals surface area contributed by atoms with Crippen molar-refractivity contribution in [1.82, 2.24) is 4.98 Å². The number of aldehydes is 1. The number of carbonyl (C=O) groups is 1. The largest absolute Gasteiger partial charge is 0.298 e. The second-order valence-electron chi connectivity index (χ2n) is 3.46. The lowest BCUT2D eigenvalue weighted by Crippen LogP contribution is -1.88. The van der Waals surface area contributed by atoms with Crippen LogP contribution in [-0.2, 0) is 0 Å². The molecular formula is C14H11NO. The first-order valence-corrected chi connectivity index (χ1v) is 4.96. The van der Waals surface area contributed by atoms with Crippen LogP contribution in [0.25, 0.3) is 5.57 Å². The lowest BCUT2D eigenvalue weighted by Gasteiger charge is -2.05. The van der Waals surface area contributed by atoms with Crippen LogP contribution < -0.4 is 0 Å². The maximum absolute atomic E-state index is 10.5. The first-order chi connectivity index (χ1) is 7.81. The molecule has 0 aliphatic rings. The fourth-order valence-corrected chi connectivity index (χ4v) is 1.47. The predicted octanol–water partition coefficient (Wildman–Crippen LogP) is 2.96. The second kappa shape index (κ2) is 4.53. The summed E-state index contributed by atoms with van der Waals surface area (Å²) >= 11 is 0. The zero-order valence-corrected chi connectivity index (χ0v) is 8.76. The molecule has 1 aromatic carbocycles. The number of carbonyl (C=O) groups excluding carboxylic acids is 1. The van der Waals surface area contributed by atoms with Gasteiger partial charge in [-0.1, -0.05) is 36.9 Å². The van der Waals surface area contributed by atoms with E-state index >= 15 is 0 Å². The molecule has 1 aromatic heterocycles. The van der Waals surface area contributed by atoms with E-state index in [1.54, 1.807) is 24.5 Å². The molecule has 1 heterocycles. The Bertz CT molecular complexity index is 500. The van der Waals surface area contributed by atoms with E-state index in [1.807, 2.05) is 24.3 Å². The van der Waals surface area contributed by atoms with Crippen LogP contribution in [0.15, 0.2) is 55.4 Å². The third-order valence-electron chi connectivity index (χ3n) is 2.41. The van der Waals surface area contributed by atoms with Crippen LogP contribution in [0.4, 0.5) is 0 Å². The summed E-state index contributed by atoms with van der Waals surface area (Å²) in [7, 11) is 0. The third kappa shape index (κ3) is 2.06. The Balaban J connectivity index is 2.31. The number of hydrogen-bond donors (Lipinski definition) is 0. The van der Waals surface area contributed by atoms with Crippen molar-refractivity contribution < 1.29 is 4.79 Å². The SMILES string of the molecule is C=C(c1ccc(C=O)cc1)c1cccnc1. The molecule has 2 nitrogen and oxygen atoms in total. The van der Waals surface area contributed by atoms with Gasteiger partial charge in [-0.2, -0.15) is 0 Å². The van der Waals surface area contributed by atoms with Crippen molar-refractivity contribution >= 4 is 11.9 Å². The number of rotatable bonds is 3. The number of hydrogen-bond acceptors (Lipinski definition) is 2. The fraction of sp³-hybridized carbons (Fsp3) is 0. The molecule has 0 N–H and O–H groups in total. The van der Waals surface area contributed by atoms with Crippen molar-refractivity contribution in [3.8, 4) is 0 Å². The molecule has 0 saturated carbocycles. The lowest BCUT2D eigenvalue weighted by atomic mass is 10.0. The predicted molar refractivity (Wildman–Crippen MR) is 64.2 cm³/mol. The Kier molecular flexibility index (Phi) is 2.92. The van der Waals surface area contributed by atoms with Gasteiger partial charge < -0.3 is 0 Å². The van der Waals surface area contributed by atoms with Crippen LogP contribution in [0.1, 0.15) is 21.5 Å². The lowest BCUT2D eigenvalue weighted by molar-refractivity contribution is 0.112. The van der Waals surface area contributed by atoms with Crippen molar-refractivity contribution in [2.75, 3.05) is 0 Å². The standard InChI is InChI=1S/C14H11NO/c1-11(14-3-2-8-15-9-14)13-6-4-12(10-16)5-7-13/h2-10H,1H2. The molecule has 78 valence electrons. The van der Waals surface area contributed by atoms with Gasteiger partial charge in [0.1, 0.15) is 6.29 Å². The Hall–Kier alpha value is -2.22. The zero-order chi connectivity index (χ0) is 11.4. The average Bonchev–Trinajstić information content (AvgIpc) is 2.39. The van der Waals surface area contributed by atoms with E-state index in [-0.39, 0.29) is 0 Å². The van der Waals surface area contributed by atoms with Crippen molar-refractivity contribution in [1.29, 1.82) is 0 Å². The van der Waals surface area contributed by atoms with Crippen molar-refractivity contribution in [2.45, 2.75) is 0 Å². The fourth-order valence-electron chi connectivity index (χ4n) is 1.47. The molecule has 0 saturated heterocycles. The normalized spacial score (nSPS) is 9.75. The summed E-state index contributed by atoms with van der Waals surface area (Å²) < 4.78 is 0. The second-order valence-corrected chi connectivity index (χ2v) is 3.46. The van der Waals surface area contributed by atoms with E-state index in [2.05, 4.69) is 11.6 Å². The molecule has 0 radical (unpaired) electrons. The van der Waals surface area contributed by atoms with E-state index in [0.29, 0.717) is 5.56 Å². The topological polar surface area (TPSA) is 30.0 Å². The molecule has 0 aliphatic heterocycles. The van der Waals surface area contributed by atoms with Crippen molar-refractivity contribution in [3.05, 3.63) is 72.1 Å². The van der Waals surface area contributed by atoms with Crippen molar-refractivity contribution in [3.63, 3.8) is 0 Å². The van der Waals surface area contributed by atoms with E-state index in [4.69, 9.17) is 0 Å². The Labute approximate surface area is 94.3 Å². The number of aromatic nitrogens is 1. The highest BCUT2D eigenvalue weighted by atomic mass is 16.1. The van der Waals surface area contributed by atoms with Gasteiger partial charge in [0, 0.05) is 18.0 Å². The highest BCUT2D eigenvalue weighted by Crippen LogP contribution is 2.20. The third-order valence-corrected chi connectivity index (χ3v) is 2.41. The zero-order valence-electron chi connectivity index (χ0n) is 8.76. The molecule has 2 aromatic rings. The summed E-state index contributed by atoms with van der Waals surface area (Å²) in [6, 6.07) is 11.2. The van der Waals surface area contributed by atoms with E-state index in [1.165, 1.54) is 0 Å². The van der Waals surface area contributed by atoms with Crippen LogP contribution in [0.3, 0.4) is 0 Å². The minimum atomic E-state index is 0.669. The first-order valence-electron chi connectivity index (χ1n) is 4.96. The van der Waals surface area contributed by atoms with Gasteiger partial charge in [0.25, 0.3) is 0 Å². The van der Waals surface area contributed by atoms with Crippen LogP contribution in [0.5, 0.6) is 0 Å². The van der Waals surface area contributed by atoms with Gasteiger partial charge in [-0.05, 0) is 22.8 Å². The van der Waals surface area contributed by atoms with Gasteiger partial charge in [-0.3, -0.25) is 9.78 Å². The summed E-state index contributed by atoms with van der Waals surface area (Å²) in [5.74, 6) is 0. The number of nitrogens with zero attached hydrogens (tertiary/aromatic N) is 1. The molecule has 2 heteroatoms. The van der Waals surface area contributed by atoms with Gasteiger partial charge in [-0.15, -0.1) is 0 Å². The Morgan fingerprint density at radius 2 is 1.88 bits per heavy atom. The smallest absolute Gasteiger partial charge is 0.150 e. The number of pyridine rings is 1. The Morgan fingerprint density at radius 1 is 1.12 bits per heavy atom. The summed E-state index contributed by atoms with van der Waals surface area (Å²) in [6.07, 6.45) is 4.33. The minimum absolute atomic E-state index is 0.669. The van der Waals surface area contributed by atoms with Gasteiger partial charge in [0.15, 0.2) is 0 Å². The molecule has 0 fully saturated rings. The molecule has 16 heavy (non-hydrogen) atoms. The van der Waals surface area contributed by atoms with Gasteiger partial charge >= 0.3 is 0 Å². The van der Waals surface area contributed by atoms with Crippen molar-refractivity contribution in [2.24, 2.45) is 0 Å². The van der Waals surface area contributed by atoms with E-state index in [0.717, 1.165) is 23.0 Å². The molecule has 0 atom stereocenters. The monoisotopic (exact) mass is 209 g/mol. The molecular weight excluding hydrogens is 198 g/mol. The summed E-state index contributed by atoms with van der Waals surface area (Å²) in [6.45, 7) is 4.02. The van der Waals surface area contributed by atoms with Gasteiger partial charge in [-0.25, -0.2) is 0 Å². The highest BCUT2D eigenvalue weighted by Gasteiger charge is 2.01. The van der Waals surface area contributed by atoms with Crippen LogP contribution in [0.2, 0.25) is 0 Å². The van der Waals surface area contributed by atoms with E-state index in [9.17, 15) is 4.79 Å². The first kappa shape index (κ1) is 10.3. The van der Waals surface area contributed by atoms with E-state index < -0.39 is 0 Å². The Morgan fingerprint density at radius 3 is 2.44 bits per heavy atom. The summed E-state index contributed by atoms with van der Waals surface area (Å²) in [5.41, 5.74) is 3.56. The van der Waals surface area contributed by atoms with Gasteiger partial charge in [0.05, 0.1) is 0 Å². The highest BCUT2D eigenvalue weighted by molar-refractivity contribution is 5.80. The molecule has 0 amide bonds. The molecule has 0 unspecified atom stereocenters. The summed E-state index contributed by atoms with van der Waals surface area (Å²) in [4.78, 5) is 14.6.